The highest BCUT2D eigenvalue weighted by atomic mass is 17.1. The summed E-state index contributed by atoms with van der Waals surface area (Å²) in [6, 6.07) is 0. The summed E-state index contributed by atoms with van der Waals surface area (Å²) in [4.78, 5) is 52.4. The molecule has 5 aliphatic rings. The summed E-state index contributed by atoms with van der Waals surface area (Å²) in [5.41, 5.74) is -1.15. The van der Waals surface area contributed by atoms with Crippen molar-refractivity contribution >= 4 is 23.5 Å². The average Bonchev–Trinajstić information content (AvgIpc) is 2.88. The number of carbonyl (C=O) groups is 4. The summed E-state index contributed by atoms with van der Waals surface area (Å²) in [5.74, 6) is -3.53. The number of hydrogen-bond donors (Lipinski definition) is 4. The van der Waals surface area contributed by atoms with E-state index in [0.29, 0.717) is 32.1 Å². The Morgan fingerprint density at radius 1 is 0.950 bits per heavy atom. The van der Waals surface area contributed by atoms with Crippen molar-refractivity contribution in [3.63, 3.8) is 0 Å². The van der Waals surface area contributed by atoms with Gasteiger partial charge in [0.2, 0.25) is 5.78 Å². The highest BCUT2D eigenvalue weighted by Crippen LogP contribution is 2.69. The quantitative estimate of drug-likeness (QED) is 0.246. The first-order valence-electron chi connectivity index (χ1n) is 14.5. The molecule has 0 aromatic rings. The van der Waals surface area contributed by atoms with E-state index in [1.54, 1.807) is 12.2 Å². The monoisotopic (exact) mass is 562 g/mol. The van der Waals surface area contributed by atoms with Crippen molar-refractivity contribution < 1.29 is 44.6 Å². The molecule has 5 rings (SSSR count). The third kappa shape index (κ3) is 4.93. The van der Waals surface area contributed by atoms with Crippen LogP contribution in [0.3, 0.4) is 0 Å². The molecular weight excluding hydrogens is 516 g/mol. The first-order chi connectivity index (χ1) is 18.5. The van der Waals surface area contributed by atoms with Crippen LogP contribution in [0.1, 0.15) is 93.4 Å². The van der Waals surface area contributed by atoms with Crippen molar-refractivity contribution in [3.8, 4) is 0 Å². The summed E-state index contributed by atoms with van der Waals surface area (Å²) < 4.78 is 0. The zero-order valence-electron chi connectivity index (χ0n) is 24.8. The second kappa shape index (κ2) is 11.0. The average molecular weight is 563 g/mol. The molecule has 40 heavy (non-hydrogen) atoms. The second-order valence-electron chi connectivity index (χ2n) is 13.3. The van der Waals surface area contributed by atoms with Gasteiger partial charge >= 0.3 is 5.97 Å². The van der Waals surface area contributed by atoms with E-state index in [4.69, 9.17) is 9.90 Å². The van der Waals surface area contributed by atoms with Crippen LogP contribution in [-0.2, 0) is 24.1 Å². The molecule has 4 N–H and O–H groups in total. The normalized spacial score (nSPS) is 41.0. The van der Waals surface area contributed by atoms with E-state index >= 15 is 0 Å². The Balaban J connectivity index is 0.000000677. The minimum Gasteiger partial charge on any atom is -0.505 e. The highest BCUT2D eigenvalue weighted by Gasteiger charge is 2.66. The first-order valence-corrected chi connectivity index (χ1v) is 14.5. The zero-order chi connectivity index (χ0) is 30.4. The zero-order valence-corrected chi connectivity index (χ0v) is 24.8. The topological polar surface area (TPSA) is 158 Å². The number of carbonyl (C=O) groups excluding carboxylic acids is 3. The fourth-order valence-corrected chi connectivity index (χ4v) is 8.86. The van der Waals surface area contributed by atoms with Gasteiger partial charge in [-0.05, 0) is 79.8 Å². The van der Waals surface area contributed by atoms with Gasteiger partial charge in [-0.15, -0.1) is 0 Å². The SMILES string of the molecule is CC.CC(=O)O.CC1(C)CCC2(C(=O)OO)CCC3C(C(=O)C=C4C5(C)C=C(O)C(=O)C(O)C5CCC43C)C2C1. The van der Waals surface area contributed by atoms with Gasteiger partial charge in [-0.2, -0.15) is 5.26 Å². The molecule has 0 radical (unpaired) electrons. The van der Waals surface area contributed by atoms with Crippen LogP contribution in [0.25, 0.3) is 0 Å². The molecule has 0 aromatic heterocycles. The largest absolute Gasteiger partial charge is 0.505 e. The molecule has 9 heteroatoms. The number of aliphatic hydroxyl groups excluding tert-OH is 2. The van der Waals surface area contributed by atoms with Crippen LogP contribution in [0.4, 0.5) is 0 Å². The number of fused-ring (bicyclic) bond motifs is 7. The second-order valence-corrected chi connectivity index (χ2v) is 13.3. The summed E-state index contributed by atoms with van der Waals surface area (Å²) in [6.45, 7) is 13.5. The number of aliphatic hydroxyl groups is 2. The Bertz CT molecular complexity index is 1120. The van der Waals surface area contributed by atoms with Crippen molar-refractivity contribution in [2.45, 2.75) is 99.5 Å². The molecule has 0 amide bonds. The lowest BCUT2D eigenvalue weighted by atomic mass is 9.40. The molecule has 9 nitrogen and oxygen atoms in total. The van der Waals surface area contributed by atoms with Crippen molar-refractivity contribution in [1.82, 2.24) is 0 Å². The Morgan fingerprint density at radius 2 is 1.52 bits per heavy atom. The third-order valence-electron chi connectivity index (χ3n) is 10.7. The standard InChI is InChI=1S/C27H36O7.C2H4O2.C2H6/c1-24(2)9-10-27(23(32)34-33)8-6-14-20(16(27)12-24)17(28)11-19-25(14,3)7-5-15-21(30)22(31)18(29)13-26(15,19)4;1-2(3)4;1-2/h11,13-16,20-21,29-30,33H,5-10,12H2,1-4H3;1H3,(H,3,4);1-2H3. The Kier molecular flexibility index (Phi) is 8.84. The van der Waals surface area contributed by atoms with Crippen LogP contribution in [0.2, 0.25) is 0 Å². The Labute approximate surface area is 236 Å². The van der Waals surface area contributed by atoms with Gasteiger partial charge in [-0.3, -0.25) is 14.4 Å². The number of allylic oxidation sites excluding steroid dienone is 3. The van der Waals surface area contributed by atoms with Crippen LogP contribution in [0.5, 0.6) is 0 Å². The van der Waals surface area contributed by atoms with E-state index in [0.717, 1.165) is 25.3 Å². The maximum absolute atomic E-state index is 13.9. The van der Waals surface area contributed by atoms with Gasteiger partial charge in [0.05, 0.1) is 5.41 Å². The summed E-state index contributed by atoms with van der Waals surface area (Å²) in [5, 5.41) is 37.8. The predicted octanol–water partition coefficient (Wildman–Crippen LogP) is 5.28. The van der Waals surface area contributed by atoms with E-state index in [2.05, 4.69) is 25.7 Å². The summed E-state index contributed by atoms with van der Waals surface area (Å²) >= 11 is 0. The van der Waals surface area contributed by atoms with Gasteiger partial charge in [0.1, 0.15) is 6.10 Å². The number of rotatable bonds is 1. The van der Waals surface area contributed by atoms with Gasteiger partial charge in [0, 0.05) is 24.2 Å². The van der Waals surface area contributed by atoms with Gasteiger partial charge in [0.25, 0.3) is 5.97 Å². The summed E-state index contributed by atoms with van der Waals surface area (Å²) in [6.07, 6.45) is 6.65. The molecular formula is C31H46O9. The lowest BCUT2D eigenvalue weighted by molar-refractivity contribution is -0.257. The Morgan fingerprint density at radius 3 is 2.10 bits per heavy atom. The number of hydrogen-bond acceptors (Lipinski definition) is 8. The lowest BCUT2D eigenvalue weighted by Crippen LogP contribution is -2.61. The molecule has 8 unspecified atom stereocenters. The molecule has 3 fully saturated rings. The third-order valence-corrected chi connectivity index (χ3v) is 10.7. The maximum atomic E-state index is 13.9. The van der Waals surface area contributed by atoms with E-state index in [1.165, 1.54) is 0 Å². The fraction of sp³-hybridized carbons (Fsp3) is 0.742. The smallest absolute Gasteiger partial charge is 0.348 e. The lowest BCUT2D eigenvalue weighted by Gasteiger charge is -2.63. The number of carboxylic acids is 1. The number of carboxylic acid groups (broad SMARTS) is 1. The first kappa shape index (κ1) is 32.0. The number of aliphatic carboxylic acids is 1. The van der Waals surface area contributed by atoms with E-state index in [9.17, 15) is 29.9 Å². The minimum atomic E-state index is -1.29. The van der Waals surface area contributed by atoms with Crippen LogP contribution < -0.4 is 0 Å². The van der Waals surface area contributed by atoms with E-state index < -0.39 is 40.4 Å². The van der Waals surface area contributed by atoms with Crippen LogP contribution in [-0.4, -0.2) is 50.2 Å². The van der Waals surface area contributed by atoms with Crippen LogP contribution >= 0.6 is 0 Å². The van der Waals surface area contributed by atoms with Gasteiger partial charge in [-0.1, -0.05) is 47.1 Å². The van der Waals surface area contributed by atoms with Crippen LogP contribution in [0, 0.1) is 45.3 Å². The molecule has 0 spiro atoms. The number of Topliss-reactive ketones (excluding diaryl/α,β-unsaturated/α-hetero) is 1. The molecule has 3 saturated carbocycles. The maximum Gasteiger partial charge on any atom is 0.348 e. The van der Waals surface area contributed by atoms with Crippen molar-refractivity contribution in [2.24, 2.45) is 45.3 Å². The number of ketones is 2. The van der Waals surface area contributed by atoms with Crippen molar-refractivity contribution in [2.75, 3.05) is 0 Å². The molecule has 0 bridgehead atoms. The van der Waals surface area contributed by atoms with Gasteiger partial charge < -0.3 is 20.2 Å². The molecule has 0 saturated heterocycles. The van der Waals surface area contributed by atoms with Crippen molar-refractivity contribution in [1.29, 1.82) is 0 Å². The molecule has 8 atom stereocenters. The Hall–Kier alpha value is -2.52. The van der Waals surface area contributed by atoms with Crippen LogP contribution in [0.15, 0.2) is 23.5 Å². The van der Waals surface area contributed by atoms with Gasteiger partial charge in [0.15, 0.2) is 11.5 Å². The molecule has 0 aliphatic heterocycles. The molecule has 0 heterocycles. The molecule has 224 valence electrons. The van der Waals surface area contributed by atoms with Crippen molar-refractivity contribution in [3.05, 3.63) is 23.5 Å². The fourth-order valence-electron chi connectivity index (χ4n) is 8.86. The summed E-state index contributed by atoms with van der Waals surface area (Å²) in [7, 11) is 0. The highest BCUT2D eigenvalue weighted by molar-refractivity contribution is 5.99. The van der Waals surface area contributed by atoms with E-state index in [1.807, 2.05) is 20.8 Å². The minimum absolute atomic E-state index is 0.00149. The van der Waals surface area contributed by atoms with Gasteiger partial charge in [-0.25, -0.2) is 4.79 Å². The van der Waals surface area contributed by atoms with E-state index in [-0.39, 0.29) is 40.3 Å². The predicted molar refractivity (Wildman–Crippen MR) is 147 cm³/mol. The molecule has 5 aliphatic carbocycles. The molecule has 0 aromatic carbocycles.